The third-order valence-corrected chi connectivity index (χ3v) is 6.77. The first-order valence-electron chi connectivity index (χ1n) is 6.66. The van der Waals surface area contributed by atoms with Crippen molar-refractivity contribution >= 4 is 21.9 Å². The number of rotatable bonds is 3. The van der Waals surface area contributed by atoms with Crippen LogP contribution >= 0.6 is 0 Å². The summed E-state index contributed by atoms with van der Waals surface area (Å²) in [5, 5.41) is -4.98. The molecule has 4 saturated carbocycles. The maximum atomic E-state index is 13.3. The van der Waals surface area contributed by atoms with Crippen molar-refractivity contribution in [2.24, 2.45) is 23.2 Å². The average Bonchev–Trinajstić information content (AvgIpc) is 2.80. The largest absolute Gasteiger partial charge is 0.465 e. The molecule has 5 atom stereocenters. The normalized spacial score (nSPS) is 46.6. The second-order valence-electron chi connectivity index (χ2n) is 6.70. The second-order valence-corrected chi connectivity index (χ2v) is 8.16. The van der Waals surface area contributed by atoms with Crippen LogP contribution in [0, 0.1) is 23.2 Å². The van der Waals surface area contributed by atoms with Gasteiger partial charge in [0.05, 0.1) is 0 Å². The van der Waals surface area contributed by atoms with E-state index in [0.29, 0.717) is 19.3 Å². The fraction of sp³-hybridized carbons (Fsp3) is 0.833. The lowest BCUT2D eigenvalue weighted by atomic mass is 9.38. The number of hydrogen-bond acceptors (Lipinski definition) is 5. The Hall–Kier alpha value is -1.09. The van der Waals surface area contributed by atoms with E-state index < -0.39 is 26.9 Å². The molecule has 1 N–H and O–H groups in total. The van der Waals surface area contributed by atoms with Crippen molar-refractivity contribution in [3.05, 3.63) is 0 Å². The fourth-order valence-corrected chi connectivity index (χ4v) is 5.46. The van der Waals surface area contributed by atoms with Gasteiger partial charge < -0.3 is 4.74 Å². The highest BCUT2D eigenvalue weighted by atomic mass is 32.2. The monoisotopic (exact) mass is 322 g/mol. The average molecular weight is 322 g/mol. The minimum absolute atomic E-state index is 0.0438. The molecule has 4 unspecified atom stereocenters. The van der Waals surface area contributed by atoms with Crippen molar-refractivity contribution in [2.75, 3.05) is 0 Å². The summed E-state index contributed by atoms with van der Waals surface area (Å²) >= 11 is 0. The third kappa shape index (κ3) is 1.28. The van der Waals surface area contributed by atoms with Gasteiger partial charge in [-0.25, -0.2) is 4.79 Å². The molecular weight excluding hydrogens is 310 g/mol. The van der Waals surface area contributed by atoms with Crippen LogP contribution in [0.25, 0.3) is 0 Å². The molecule has 0 saturated heterocycles. The summed E-state index contributed by atoms with van der Waals surface area (Å²) in [4.78, 5) is 23.3. The second kappa shape index (κ2) is 3.29. The number of esters is 1. The van der Waals surface area contributed by atoms with E-state index in [-0.39, 0.29) is 35.4 Å². The maximum absolute atomic E-state index is 13.3. The number of ether oxygens (including phenoxy) is 1. The van der Waals surface area contributed by atoms with Gasteiger partial charge in [-0.2, -0.15) is 17.2 Å². The summed E-state index contributed by atoms with van der Waals surface area (Å²) in [6.07, 6.45) is 1.62. The molecule has 0 aliphatic heterocycles. The summed E-state index contributed by atoms with van der Waals surface area (Å²) in [6.45, 7) is 0. The van der Waals surface area contributed by atoms with Crippen molar-refractivity contribution in [2.45, 2.75) is 36.5 Å². The highest BCUT2D eigenvalue weighted by Crippen LogP contribution is 2.81. The standard InChI is InChI=1S/C12H12F2O6S/c13-12(14,21(17,18)19)9(16)20-10-2-5-1-6-8(15)7(3-10)11(5,6)4-10/h5-7H,1-4H2,(H,17,18,19)/t5?,6?,7?,10?,11-/m0/s1. The van der Waals surface area contributed by atoms with Gasteiger partial charge in [-0.3, -0.25) is 9.35 Å². The van der Waals surface area contributed by atoms with Gasteiger partial charge in [0, 0.05) is 11.8 Å². The molecule has 0 radical (unpaired) electrons. The molecule has 0 aromatic carbocycles. The minimum Gasteiger partial charge on any atom is -0.454 e. The van der Waals surface area contributed by atoms with E-state index in [9.17, 15) is 26.8 Å². The highest BCUT2D eigenvalue weighted by Gasteiger charge is 2.83. The van der Waals surface area contributed by atoms with Gasteiger partial charge >= 0.3 is 21.3 Å². The molecule has 4 aliphatic carbocycles. The van der Waals surface area contributed by atoms with E-state index in [2.05, 4.69) is 0 Å². The van der Waals surface area contributed by atoms with E-state index >= 15 is 0 Å². The molecular formula is C12H12F2O6S. The van der Waals surface area contributed by atoms with Crippen LogP contribution in [0.4, 0.5) is 8.78 Å². The Labute approximate surface area is 118 Å². The van der Waals surface area contributed by atoms with Crippen molar-refractivity contribution < 1.29 is 36.1 Å². The number of carbonyl (C=O) groups excluding carboxylic acids is 2. The highest BCUT2D eigenvalue weighted by molar-refractivity contribution is 7.87. The maximum Gasteiger partial charge on any atom is 0.465 e. The first-order chi connectivity index (χ1) is 9.54. The quantitative estimate of drug-likeness (QED) is 0.609. The molecule has 9 heteroatoms. The smallest absolute Gasteiger partial charge is 0.454 e. The Bertz CT molecular complexity index is 688. The number of Topliss-reactive ketones (excluding diaryl/α,β-unsaturated/α-hetero) is 1. The summed E-state index contributed by atoms with van der Waals surface area (Å²) in [6, 6.07) is 0. The fourth-order valence-electron chi connectivity index (χ4n) is 5.21. The van der Waals surface area contributed by atoms with E-state index in [1.54, 1.807) is 0 Å². The van der Waals surface area contributed by atoms with Crippen LogP contribution in [0.15, 0.2) is 0 Å². The Kier molecular flexibility index (Phi) is 2.13. The molecule has 4 aliphatic rings. The van der Waals surface area contributed by atoms with E-state index in [1.807, 2.05) is 0 Å². The van der Waals surface area contributed by atoms with E-state index in [0.717, 1.165) is 0 Å². The number of halogens is 2. The summed E-state index contributed by atoms with van der Waals surface area (Å²) < 4.78 is 61.1. The number of fused-ring (bicyclic) bond motifs is 1. The van der Waals surface area contributed by atoms with Crippen LogP contribution in [0.2, 0.25) is 0 Å². The minimum atomic E-state index is -5.87. The summed E-state index contributed by atoms with van der Waals surface area (Å²) in [5.74, 6) is -2.26. The Morgan fingerprint density at radius 1 is 1.33 bits per heavy atom. The molecule has 0 amide bonds. The van der Waals surface area contributed by atoms with Crippen LogP contribution in [0.5, 0.6) is 0 Å². The molecule has 116 valence electrons. The molecule has 0 heterocycles. The Morgan fingerprint density at radius 3 is 2.57 bits per heavy atom. The Morgan fingerprint density at radius 2 is 2.00 bits per heavy atom. The van der Waals surface area contributed by atoms with Gasteiger partial charge in [-0.15, -0.1) is 0 Å². The number of alkyl halides is 2. The van der Waals surface area contributed by atoms with Crippen molar-refractivity contribution in [1.82, 2.24) is 0 Å². The van der Waals surface area contributed by atoms with E-state index in [1.165, 1.54) is 0 Å². The van der Waals surface area contributed by atoms with Gasteiger partial charge in [0.1, 0.15) is 11.4 Å². The number of carbonyl (C=O) groups is 2. The zero-order valence-electron chi connectivity index (χ0n) is 10.7. The van der Waals surface area contributed by atoms with Crippen LogP contribution in [-0.2, 0) is 24.4 Å². The van der Waals surface area contributed by atoms with Gasteiger partial charge in [0.15, 0.2) is 0 Å². The predicted octanol–water partition coefficient (Wildman–Crippen LogP) is 0.768. The molecule has 6 nitrogen and oxygen atoms in total. The first kappa shape index (κ1) is 13.6. The van der Waals surface area contributed by atoms with Crippen molar-refractivity contribution in [3.8, 4) is 0 Å². The molecule has 21 heavy (non-hydrogen) atoms. The third-order valence-electron chi connectivity index (χ3n) is 5.96. The molecule has 0 aromatic rings. The first-order valence-corrected chi connectivity index (χ1v) is 8.10. The van der Waals surface area contributed by atoms with Crippen molar-refractivity contribution in [3.63, 3.8) is 0 Å². The zero-order chi connectivity index (χ0) is 15.4. The number of hydrogen-bond donors (Lipinski definition) is 1. The van der Waals surface area contributed by atoms with Gasteiger partial charge in [0.25, 0.3) is 0 Å². The van der Waals surface area contributed by atoms with Gasteiger partial charge in [0.2, 0.25) is 0 Å². The lowest BCUT2D eigenvalue weighted by molar-refractivity contribution is -0.195. The zero-order valence-corrected chi connectivity index (χ0v) is 11.5. The number of ketones is 1. The SMILES string of the molecule is O=C1C2CC3CC4(OC(=O)C(F)(F)S(=O)(=O)O)CC1[C@@]32C4. The molecule has 4 rings (SSSR count). The molecule has 0 aromatic heterocycles. The summed E-state index contributed by atoms with van der Waals surface area (Å²) in [7, 11) is -5.87. The molecule has 1 spiro atoms. The van der Waals surface area contributed by atoms with E-state index in [4.69, 9.17) is 9.29 Å². The van der Waals surface area contributed by atoms with Crippen LogP contribution in [0.3, 0.4) is 0 Å². The topological polar surface area (TPSA) is 97.7 Å². The van der Waals surface area contributed by atoms with Crippen LogP contribution in [-0.4, -0.2) is 35.6 Å². The van der Waals surface area contributed by atoms with Gasteiger partial charge in [-0.05, 0) is 37.0 Å². The van der Waals surface area contributed by atoms with Gasteiger partial charge in [-0.1, -0.05) is 0 Å². The lowest BCUT2D eigenvalue weighted by Crippen LogP contribution is -2.66. The molecule has 4 fully saturated rings. The van der Waals surface area contributed by atoms with Crippen molar-refractivity contribution in [1.29, 1.82) is 0 Å². The van der Waals surface area contributed by atoms with Crippen LogP contribution in [0.1, 0.15) is 25.7 Å². The van der Waals surface area contributed by atoms with Crippen LogP contribution < -0.4 is 0 Å². The predicted molar refractivity (Wildman–Crippen MR) is 61.7 cm³/mol. The Balaban J connectivity index is 1.60. The molecule has 2 bridgehead atoms. The lowest BCUT2D eigenvalue weighted by Gasteiger charge is -2.64. The summed E-state index contributed by atoms with van der Waals surface area (Å²) in [5.41, 5.74) is -1.38.